The van der Waals surface area contributed by atoms with Crippen molar-refractivity contribution >= 4 is 35.0 Å². The van der Waals surface area contributed by atoms with Crippen molar-refractivity contribution in [1.29, 1.82) is 0 Å². The molecule has 1 heterocycles. The van der Waals surface area contributed by atoms with Gasteiger partial charge in [-0.2, -0.15) is 0 Å². The molecule has 0 bridgehead atoms. The van der Waals surface area contributed by atoms with Gasteiger partial charge < -0.3 is 10.2 Å². The number of unbranched alkanes of at least 4 members (excludes halogenated alkanes) is 1. The van der Waals surface area contributed by atoms with Crippen molar-refractivity contribution in [2.24, 2.45) is 5.92 Å². The fraction of sp³-hybridized carbons (Fsp3) is 0.529. The molecule has 1 aromatic carbocycles. The molecule has 0 saturated carbocycles. The number of piperidine rings is 1. The van der Waals surface area contributed by atoms with Gasteiger partial charge in [0.05, 0.1) is 10.6 Å². The molecule has 0 spiro atoms. The van der Waals surface area contributed by atoms with Gasteiger partial charge in [0.25, 0.3) is 5.91 Å². The number of nitrogens with one attached hydrogen (secondary N) is 1. The van der Waals surface area contributed by atoms with Crippen LogP contribution in [0.4, 0.5) is 0 Å². The standard InChI is InChI=1S/C17H22Cl2N2O2/c1-2-3-8-20-16(22)12-6-9-21(10-7-12)17(23)14-5-4-13(18)11-15(14)19/h4-5,11-12H,2-3,6-10H2,1H3,(H,20,22). The number of rotatable bonds is 5. The molecule has 1 aliphatic heterocycles. The first kappa shape index (κ1) is 18.1. The normalized spacial score (nSPS) is 15.5. The van der Waals surface area contributed by atoms with Crippen molar-refractivity contribution in [3.63, 3.8) is 0 Å². The summed E-state index contributed by atoms with van der Waals surface area (Å²) in [7, 11) is 0. The number of likely N-dealkylation sites (tertiary alicyclic amines) is 1. The van der Waals surface area contributed by atoms with Gasteiger partial charge in [-0.3, -0.25) is 9.59 Å². The molecule has 4 nitrogen and oxygen atoms in total. The van der Waals surface area contributed by atoms with Crippen LogP contribution in [0.5, 0.6) is 0 Å². The Morgan fingerprint density at radius 3 is 2.57 bits per heavy atom. The van der Waals surface area contributed by atoms with E-state index in [1.165, 1.54) is 0 Å². The summed E-state index contributed by atoms with van der Waals surface area (Å²) in [6, 6.07) is 4.88. The molecule has 0 aliphatic carbocycles. The largest absolute Gasteiger partial charge is 0.356 e. The zero-order chi connectivity index (χ0) is 16.8. The summed E-state index contributed by atoms with van der Waals surface area (Å²) >= 11 is 12.0. The van der Waals surface area contributed by atoms with Crippen LogP contribution in [-0.2, 0) is 4.79 Å². The fourth-order valence-corrected chi connectivity index (χ4v) is 3.20. The zero-order valence-corrected chi connectivity index (χ0v) is 14.8. The van der Waals surface area contributed by atoms with E-state index in [-0.39, 0.29) is 17.7 Å². The first-order chi connectivity index (χ1) is 11.0. The molecule has 1 N–H and O–H groups in total. The highest BCUT2D eigenvalue weighted by atomic mass is 35.5. The Hall–Kier alpha value is -1.26. The molecule has 1 saturated heterocycles. The number of benzene rings is 1. The number of carbonyl (C=O) groups is 2. The maximum absolute atomic E-state index is 12.5. The summed E-state index contributed by atoms with van der Waals surface area (Å²) in [5.41, 5.74) is 0.460. The molecule has 2 rings (SSSR count). The van der Waals surface area contributed by atoms with Crippen LogP contribution in [0, 0.1) is 5.92 Å². The first-order valence-corrected chi connectivity index (χ1v) is 8.80. The third-order valence-corrected chi connectivity index (χ3v) is 4.69. The van der Waals surface area contributed by atoms with Gasteiger partial charge >= 0.3 is 0 Å². The number of hydrogen-bond acceptors (Lipinski definition) is 2. The molecule has 1 fully saturated rings. The van der Waals surface area contributed by atoms with Gasteiger partial charge in [0, 0.05) is 30.6 Å². The molecule has 0 atom stereocenters. The van der Waals surface area contributed by atoms with Crippen LogP contribution in [0.15, 0.2) is 18.2 Å². The van der Waals surface area contributed by atoms with E-state index in [0.29, 0.717) is 41.5 Å². The second-order valence-corrected chi connectivity index (χ2v) is 6.68. The maximum atomic E-state index is 12.5. The van der Waals surface area contributed by atoms with Gasteiger partial charge in [-0.15, -0.1) is 0 Å². The van der Waals surface area contributed by atoms with Gasteiger partial charge in [0.1, 0.15) is 0 Å². The lowest BCUT2D eigenvalue weighted by Gasteiger charge is -2.31. The molecule has 23 heavy (non-hydrogen) atoms. The van der Waals surface area contributed by atoms with Crippen LogP contribution in [0.1, 0.15) is 43.0 Å². The Labute approximate surface area is 147 Å². The summed E-state index contributed by atoms with van der Waals surface area (Å²) in [5.74, 6) is 0.00294. The van der Waals surface area contributed by atoms with Crippen molar-refractivity contribution in [1.82, 2.24) is 10.2 Å². The average Bonchev–Trinajstić information content (AvgIpc) is 2.54. The number of nitrogens with zero attached hydrogens (tertiary/aromatic N) is 1. The summed E-state index contributed by atoms with van der Waals surface area (Å²) in [4.78, 5) is 26.3. The Balaban J connectivity index is 1.88. The minimum Gasteiger partial charge on any atom is -0.356 e. The van der Waals surface area contributed by atoms with E-state index in [2.05, 4.69) is 12.2 Å². The maximum Gasteiger partial charge on any atom is 0.255 e. The van der Waals surface area contributed by atoms with Gasteiger partial charge in [-0.1, -0.05) is 36.5 Å². The lowest BCUT2D eigenvalue weighted by atomic mass is 9.95. The lowest BCUT2D eigenvalue weighted by molar-refractivity contribution is -0.126. The van der Waals surface area contributed by atoms with E-state index in [1.807, 2.05) is 0 Å². The predicted molar refractivity (Wildman–Crippen MR) is 93.0 cm³/mol. The SMILES string of the molecule is CCCCNC(=O)C1CCN(C(=O)c2ccc(Cl)cc2Cl)CC1. The fourth-order valence-electron chi connectivity index (χ4n) is 2.71. The van der Waals surface area contributed by atoms with Crippen molar-refractivity contribution in [3.8, 4) is 0 Å². The van der Waals surface area contributed by atoms with Crippen LogP contribution >= 0.6 is 23.2 Å². The van der Waals surface area contributed by atoms with Crippen LogP contribution < -0.4 is 5.32 Å². The third-order valence-electron chi connectivity index (χ3n) is 4.14. The second-order valence-electron chi connectivity index (χ2n) is 5.84. The van der Waals surface area contributed by atoms with Crippen molar-refractivity contribution in [2.75, 3.05) is 19.6 Å². The number of carbonyl (C=O) groups excluding carboxylic acids is 2. The molecular weight excluding hydrogens is 335 g/mol. The summed E-state index contributed by atoms with van der Waals surface area (Å²) in [6.45, 7) is 3.97. The number of hydrogen-bond donors (Lipinski definition) is 1. The minimum absolute atomic E-state index is 0.00315. The van der Waals surface area contributed by atoms with Crippen molar-refractivity contribution in [3.05, 3.63) is 33.8 Å². The molecule has 0 unspecified atom stereocenters. The first-order valence-electron chi connectivity index (χ1n) is 8.05. The topological polar surface area (TPSA) is 49.4 Å². The second kappa shape index (κ2) is 8.55. The molecule has 1 aliphatic rings. The van der Waals surface area contributed by atoms with E-state index >= 15 is 0 Å². The quantitative estimate of drug-likeness (QED) is 0.816. The monoisotopic (exact) mass is 356 g/mol. The number of amides is 2. The zero-order valence-electron chi connectivity index (χ0n) is 13.3. The highest BCUT2D eigenvalue weighted by Gasteiger charge is 2.28. The van der Waals surface area contributed by atoms with Crippen molar-refractivity contribution < 1.29 is 9.59 Å². The van der Waals surface area contributed by atoms with Gasteiger partial charge in [-0.05, 0) is 37.5 Å². The smallest absolute Gasteiger partial charge is 0.255 e. The summed E-state index contributed by atoms with van der Waals surface area (Å²) < 4.78 is 0. The Bertz CT molecular complexity index is 570. The van der Waals surface area contributed by atoms with Gasteiger partial charge in [-0.25, -0.2) is 0 Å². The van der Waals surface area contributed by atoms with Crippen LogP contribution in [0.3, 0.4) is 0 Å². The molecule has 126 valence electrons. The van der Waals surface area contributed by atoms with E-state index < -0.39 is 0 Å². The van der Waals surface area contributed by atoms with E-state index in [0.717, 1.165) is 19.4 Å². The van der Waals surface area contributed by atoms with E-state index in [4.69, 9.17) is 23.2 Å². The molecular formula is C17H22Cl2N2O2. The summed E-state index contributed by atoms with van der Waals surface area (Å²) in [5, 5.41) is 3.84. The molecule has 0 aromatic heterocycles. The highest BCUT2D eigenvalue weighted by molar-refractivity contribution is 6.36. The third kappa shape index (κ3) is 4.85. The molecule has 2 amide bonds. The van der Waals surface area contributed by atoms with Gasteiger partial charge in [0.2, 0.25) is 5.91 Å². The van der Waals surface area contributed by atoms with E-state index in [1.54, 1.807) is 23.1 Å². The predicted octanol–water partition coefficient (Wildman–Crippen LogP) is 3.76. The van der Waals surface area contributed by atoms with E-state index in [9.17, 15) is 9.59 Å². The average molecular weight is 357 g/mol. The molecule has 0 radical (unpaired) electrons. The van der Waals surface area contributed by atoms with Crippen LogP contribution in [-0.4, -0.2) is 36.3 Å². The molecule has 6 heteroatoms. The Morgan fingerprint density at radius 1 is 1.26 bits per heavy atom. The van der Waals surface area contributed by atoms with Crippen molar-refractivity contribution in [2.45, 2.75) is 32.6 Å². The van der Waals surface area contributed by atoms with Crippen LogP contribution in [0.2, 0.25) is 10.0 Å². The van der Waals surface area contributed by atoms with Crippen LogP contribution in [0.25, 0.3) is 0 Å². The number of halogens is 2. The Morgan fingerprint density at radius 2 is 1.96 bits per heavy atom. The minimum atomic E-state index is -0.100. The van der Waals surface area contributed by atoms with Gasteiger partial charge in [0.15, 0.2) is 0 Å². The lowest BCUT2D eigenvalue weighted by Crippen LogP contribution is -2.43. The highest BCUT2D eigenvalue weighted by Crippen LogP contribution is 2.25. The molecule has 1 aromatic rings. The summed E-state index contributed by atoms with van der Waals surface area (Å²) in [6.07, 6.45) is 3.44. The Kier molecular flexibility index (Phi) is 6.72.